The Bertz CT molecular complexity index is 1020. The van der Waals surface area contributed by atoms with Gasteiger partial charge in [-0.3, -0.25) is 18.7 Å². The van der Waals surface area contributed by atoms with Crippen molar-refractivity contribution in [3.63, 3.8) is 0 Å². The van der Waals surface area contributed by atoms with Gasteiger partial charge in [0.05, 0.1) is 26.9 Å². The van der Waals surface area contributed by atoms with Crippen molar-refractivity contribution in [3.05, 3.63) is 22.7 Å². The summed E-state index contributed by atoms with van der Waals surface area (Å²) in [4.78, 5) is 40.7. The smallest absolute Gasteiger partial charge is 0.351 e. The molecule has 0 aromatic carbocycles. The van der Waals surface area contributed by atoms with Crippen LogP contribution in [-0.4, -0.2) is 82.9 Å². The SMILES string of the molecule is COC(=O)C(CC(C)C)NP(=O)(NC(CC(C)C)C(=O)OC)OC[C@@H](OCn1ccc(N)nc1=O)[C@H](O)C(C)O. The number of carbonyl (C=O) groups is 2. The fourth-order valence-corrected chi connectivity index (χ4v) is 5.43. The van der Waals surface area contributed by atoms with Gasteiger partial charge in [-0.05, 0) is 37.7 Å². The minimum absolute atomic E-state index is 0.00588. The molecule has 16 heteroatoms. The molecule has 0 aliphatic carbocycles. The maximum Gasteiger partial charge on any atom is 0.351 e. The molecular weight excluding hydrogens is 549 g/mol. The van der Waals surface area contributed by atoms with Crippen LogP contribution in [0.3, 0.4) is 0 Å². The van der Waals surface area contributed by atoms with E-state index in [2.05, 4.69) is 15.2 Å². The van der Waals surface area contributed by atoms with E-state index < -0.39 is 69.0 Å². The summed E-state index contributed by atoms with van der Waals surface area (Å²) in [6.45, 7) is 7.71. The average Bonchev–Trinajstić information content (AvgIpc) is 2.86. The Morgan fingerprint density at radius 1 is 1.02 bits per heavy atom. The first-order valence-electron chi connectivity index (χ1n) is 12.9. The highest BCUT2D eigenvalue weighted by atomic mass is 31.2. The molecule has 1 heterocycles. The number of hydrogen-bond donors (Lipinski definition) is 5. The van der Waals surface area contributed by atoms with Gasteiger partial charge in [0.2, 0.25) is 0 Å². The number of esters is 2. The molecule has 5 atom stereocenters. The van der Waals surface area contributed by atoms with Crippen molar-refractivity contribution in [1.82, 2.24) is 19.7 Å². The Morgan fingerprint density at radius 2 is 1.52 bits per heavy atom. The predicted octanol–water partition coefficient (Wildman–Crippen LogP) is 0.389. The molecule has 0 bridgehead atoms. The van der Waals surface area contributed by atoms with Gasteiger partial charge in [-0.2, -0.15) is 4.98 Å². The Hall–Kier alpha value is -2.39. The first-order valence-corrected chi connectivity index (χ1v) is 14.5. The fraction of sp³-hybridized carbons (Fsp3) is 0.750. The Morgan fingerprint density at radius 3 is 1.93 bits per heavy atom. The Kier molecular flexibility index (Phi) is 14.9. The number of hydrogen-bond acceptors (Lipinski definition) is 12. The number of methoxy groups -OCH3 is 2. The first kappa shape index (κ1) is 35.6. The third-order valence-electron chi connectivity index (χ3n) is 5.66. The van der Waals surface area contributed by atoms with E-state index in [0.717, 1.165) is 4.57 Å². The van der Waals surface area contributed by atoms with Gasteiger partial charge >= 0.3 is 25.3 Å². The zero-order chi connectivity index (χ0) is 30.6. The molecule has 0 aliphatic rings. The van der Waals surface area contributed by atoms with E-state index in [-0.39, 0.29) is 30.5 Å². The van der Waals surface area contributed by atoms with Gasteiger partial charge in [0.15, 0.2) is 0 Å². The van der Waals surface area contributed by atoms with E-state index in [1.807, 2.05) is 27.7 Å². The molecule has 0 radical (unpaired) electrons. The van der Waals surface area contributed by atoms with Crippen LogP contribution >= 0.6 is 7.67 Å². The first-order chi connectivity index (χ1) is 18.6. The van der Waals surface area contributed by atoms with Crippen LogP contribution in [0.4, 0.5) is 5.82 Å². The quantitative estimate of drug-likeness (QED) is 0.115. The van der Waals surface area contributed by atoms with Gasteiger partial charge in [0, 0.05) is 6.20 Å². The van der Waals surface area contributed by atoms with Crippen LogP contribution in [-0.2, 0) is 39.6 Å². The number of ether oxygens (including phenoxy) is 3. The van der Waals surface area contributed by atoms with Crippen molar-refractivity contribution in [2.24, 2.45) is 11.8 Å². The fourth-order valence-electron chi connectivity index (χ4n) is 3.60. The van der Waals surface area contributed by atoms with E-state index in [1.165, 1.54) is 33.4 Å². The van der Waals surface area contributed by atoms with Crippen molar-refractivity contribution >= 4 is 25.4 Å². The van der Waals surface area contributed by atoms with Crippen LogP contribution in [0.5, 0.6) is 0 Å². The maximum atomic E-state index is 14.2. The molecule has 6 N–H and O–H groups in total. The molecule has 15 nitrogen and oxygen atoms in total. The van der Waals surface area contributed by atoms with E-state index >= 15 is 0 Å². The molecule has 1 rings (SSSR count). The zero-order valence-electron chi connectivity index (χ0n) is 24.1. The second-order valence-electron chi connectivity index (χ2n) is 10.2. The molecule has 1 aromatic heterocycles. The van der Waals surface area contributed by atoms with Crippen LogP contribution in [0.25, 0.3) is 0 Å². The second kappa shape index (κ2) is 16.8. The van der Waals surface area contributed by atoms with E-state index in [9.17, 15) is 29.2 Å². The normalized spacial score (nSPS) is 17.1. The topological polar surface area (TPSA) is 214 Å². The molecule has 1 aromatic rings. The molecule has 40 heavy (non-hydrogen) atoms. The van der Waals surface area contributed by atoms with E-state index in [1.54, 1.807) is 0 Å². The number of anilines is 1. The highest BCUT2D eigenvalue weighted by Gasteiger charge is 2.38. The maximum absolute atomic E-state index is 14.2. The lowest BCUT2D eigenvalue weighted by Gasteiger charge is -2.31. The number of aliphatic hydroxyl groups is 2. The lowest BCUT2D eigenvalue weighted by atomic mass is 10.1. The number of rotatable bonds is 18. The highest BCUT2D eigenvalue weighted by molar-refractivity contribution is 7.54. The second-order valence-corrected chi connectivity index (χ2v) is 12.1. The molecule has 0 aliphatic heterocycles. The molecule has 0 spiro atoms. The van der Waals surface area contributed by atoms with Crippen LogP contribution in [0.15, 0.2) is 17.1 Å². The van der Waals surface area contributed by atoms with Crippen LogP contribution < -0.4 is 21.6 Å². The molecule has 230 valence electrons. The highest BCUT2D eigenvalue weighted by Crippen LogP contribution is 2.41. The third kappa shape index (κ3) is 12.0. The van der Waals surface area contributed by atoms with Crippen molar-refractivity contribution in [1.29, 1.82) is 0 Å². The molecular formula is C24H44N5O10P. The Balaban J connectivity index is 3.33. The summed E-state index contributed by atoms with van der Waals surface area (Å²) in [7, 11) is -1.92. The molecule has 0 amide bonds. The zero-order valence-corrected chi connectivity index (χ0v) is 25.0. The monoisotopic (exact) mass is 593 g/mol. The lowest BCUT2D eigenvalue weighted by molar-refractivity contribution is -0.143. The van der Waals surface area contributed by atoms with Gasteiger partial charge in [-0.15, -0.1) is 0 Å². The standard InChI is InChI=1S/C24H44N5O10P/c1-14(2)10-17(22(32)36-6)27-40(35,28-18(11-15(3)4)23(33)37-7)39-12-19(21(31)16(5)30)38-13-29-9-8-20(25)26-24(29)34/h8-9,14-19,21,30-31H,10-13H2,1-7H3,(H2,25,26,34)(H2,27,28,35)/t16?,17?,18?,19-,21-,40?/m1/s1. The number of nitrogen functional groups attached to an aromatic ring is 1. The van der Waals surface area contributed by atoms with Gasteiger partial charge < -0.3 is 34.7 Å². The van der Waals surface area contributed by atoms with Gasteiger partial charge in [0.1, 0.15) is 36.8 Å². The number of aliphatic hydroxyl groups excluding tert-OH is 2. The van der Waals surface area contributed by atoms with Crippen molar-refractivity contribution in [2.75, 3.05) is 26.6 Å². The number of aromatic nitrogens is 2. The number of nitrogens with one attached hydrogen (secondary N) is 2. The minimum atomic E-state index is -4.29. The summed E-state index contributed by atoms with van der Waals surface area (Å²) >= 11 is 0. The van der Waals surface area contributed by atoms with Crippen LogP contribution in [0.1, 0.15) is 47.5 Å². The average molecular weight is 594 g/mol. The molecule has 0 saturated heterocycles. The predicted molar refractivity (Wildman–Crippen MR) is 146 cm³/mol. The Labute approximate surface area is 234 Å². The molecule has 0 fully saturated rings. The third-order valence-corrected chi connectivity index (χ3v) is 7.47. The number of nitrogens with two attached hydrogens (primary N) is 1. The van der Waals surface area contributed by atoms with Crippen LogP contribution in [0.2, 0.25) is 0 Å². The largest absolute Gasteiger partial charge is 0.468 e. The summed E-state index contributed by atoms with van der Waals surface area (Å²) in [5.41, 5.74) is 4.78. The lowest BCUT2D eigenvalue weighted by Crippen LogP contribution is -2.47. The van der Waals surface area contributed by atoms with Gasteiger partial charge in [-0.1, -0.05) is 27.7 Å². The minimum Gasteiger partial charge on any atom is -0.468 e. The van der Waals surface area contributed by atoms with E-state index in [0.29, 0.717) is 0 Å². The van der Waals surface area contributed by atoms with Crippen LogP contribution in [0, 0.1) is 11.8 Å². The van der Waals surface area contributed by atoms with Gasteiger partial charge in [0.25, 0.3) is 0 Å². The van der Waals surface area contributed by atoms with Crippen molar-refractivity contribution in [2.45, 2.75) is 84.6 Å². The van der Waals surface area contributed by atoms with Crippen molar-refractivity contribution in [3.8, 4) is 0 Å². The molecule has 0 saturated carbocycles. The number of carbonyl (C=O) groups excluding carboxylic acids is 2. The summed E-state index contributed by atoms with van der Waals surface area (Å²) in [6.07, 6.45) is -2.39. The number of nitrogens with zero attached hydrogens (tertiary/aromatic N) is 2. The van der Waals surface area contributed by atoms with Crippen molar-refractivity contribution < 1.29 is 43.1 Å². The summed E-state index contributed by atoms with van der Waals surface area (Å²) in [5, 5.41) is 25.9. The molecule has 3 unspecified atom stereocenters. The summed E-state index contributed by atoms with van der Waals surface area (Å²) in [5.74, 6) is -1.43. The summed E-state index contributed by atoms with van der Waals surface area (Å²) < 4.78 is 36.3. The van der Waals surface area contributed by atoms with E-state index in [4.69, 9.17) is 24.5 Å². The van der Waals surface area contributed by atoms with Gasteiger partial charge in [-0.25, -0.2) is 15.0 Å². The summed E-state index contributed by atoms with van der Waals surface area (Å²) in [6, 6.07) is -0.797.